The van der Waals surface area contributed by atoms with Gasteiger partial charge in [0, 0.05) is 6.54 Å². The molecule has 1 aromatic carbocycles. The van der Waals surface area contributed by atoms with Gasteiger partial charge in [0.05, 0.1) is 13.5 Å². The number of ether oxygens (including phenoxy) is 1. The van der Waals surface area contributed by atoms with Crippen LogP contribution in [-0.2, 0) is 11.2 Å². The average Bonchev–Trinajstić information content (AvgIpc) is 2.39. The van der Waals surface area contributed by atoms with E-state index in [9.17, 15) is 4.79 Å². The summed E-state index contributed by atoms with van der Waals surface area (Å²) in [5, 5.41) is 2.91. The molecule has 0 saturated heterocycles. The molecule has 4 heteroatoms. The quantitative estimate of drug-likeness (QED) is 0.687. The number of hydrogen-bond donors (Lipinski definition) is 2. The van der Waals surface area contributed by atoms with Gasteiger partial charge < -0.3 is 15.8 Å². The van der Waals surface area contributed by atoms with Crippen LogP contribution in [0.5, 0.6) is 5.75 Å². The summed E-state index contributed by atoms with van der Waals surface area (Å²) in [7, 11) is 1.63. The van der Waals surface area contributed by atoms with E-state index in [1.54, 1.807) is 7.11 Å². The van der Waals surface area contributed by atoms with Crippen LogP contribution in [-0.4, -0.2) is 26.1 Å². The fourth-order valence-electron chi connectivity index (χ4n) is 1.67. The molecule has 1 amide bonds. The number of hydrogen-bond acceptors (Lipinski definition) is 3. The van der Waals surface area contributed by atoms with Crippen LogP contribution in [0.15, 0.2) is 24.3 Å². The smallest absolute Gasteiger partial charge is 0.224 e. The summed E-state index contributed by atoms with van der Waals surface area (Å²) in [5.74, 6) is 0.869. The van der Waals surface area contributed by atoms with Gasteiger partial charge in [0.2, 0.25) is 5.91 Å². The Balaban J connectivity index is 2.22. The zero-order valence-corrected chi connectivity index (χ0v) is 10.9. The molecule has 0 atom stereocenters. The third-order valence-corrected chi connectivity index (χ3v) is 2.73. The molecule has 18 heavy (non-hydrogen) atoms. The van der Waals surface area contributed by atoms with Crippen molar-refractivity contribution in [2.75, 3.05) is 20.2 Å². The minimum atomic E-state index is 0.0629. The average molecular weight is 250 g/mol. The van der Waals surface area contributed by atoms with Crippen molar-refractivity contribution < 1.29 is 9.53 Å². The summed E-state index contributed by atoms with van der Waals surface area (Å²) in [4.78, 5) is 11.6. The molecule has 100 valence electrons. The molecular formula is C14H22N2O2. The first-order valence-electron chi connectivity index (χ1n) is 6.36. The second kappa shape index (κ2) is 8.53. The third-order valence-electron chi connectivity index (χ3n) is 2.73. The molecular weight excluding hydrogens is 228 g/mol. The first-order chi connectivity index (χ1) is 8.76. The lowest BCUT2D eigenvalue weighted by atomic mass is 10.1. The zero-order chi connectivity index (χ0) is 13.2. The Bertz CT molecular complexity index is 349. The Labute approximate surface area is 109 Å². The number of benzene rings is 1. The molecule has 0 spiro atoms. The van der Waals surface area contributed by atoms with E-state index < -0.39 is 0 Å². The molecule has 0 heterocycles. The van der Waals surface area contributed by atoms with Crippen molar-refractivity contribution in [3.8, 4) is 5.75 Å². The molecule has 0 aliphatic carbocycles. The number of unbranched alkanes of at least 4 members (excludes halogenated alkanes) is 2. The van der Waals surface area contributed by atoms with Crippen LogP contribution in [0, 0.1) is 0 Å². The van der Waals surface area contributed by atoms with E-state index in [-0.39, 0.29) is 5.91 Å². The predicted octanol–water partition coefficient (Wildman–Crippen LogP) is 1.48. The van der Waals surface area contributed by atoms with Crippen LogP contribution in [0.1, 0.15) is 24.8 Å². The molecule has 0 unspecified atom stereocenters. The topological polar surface area (TPSA) is 64.3 Å². The van der Waals surface area contributed by atoms with Crippen molar-refractivity contribution >= 4 is 5.91 Å². The number of methoxy groups -OCH3 is 1. The van der Waals surface area contributed by atoms with Gasteiger partial charge in [-0.1, -0.05) is 18.6 Å². The SMILES string of the molecule is COc1ccc(CC(=O)NCCCCCN)cc1. The van der Waals surface area contributed by atoms with Gasteiger partial charge >= 0.3 is 0 Å². The Kier molecular flexibility index (Phi) is 6.87. The zero-order valence-electron chi connectivity index (χ0n) is 10.9. The van der Waals surface area contributed by atoms with E-state index in [2.05, 4.69) is 5.32 Å². The Morgan fingerprint density at radius 3 is 2.56 bits per heavy atom. The fourth-order valence-corrected chi connectivity index (χ4v) is 1.67. The first kappa shape index (κ1) is 14.5. The van der Waals surface area contributed by atoms with Gasteiger partial charge in [-0.15, -0.1) is 0 Å². The minimum Gasteiger partial charge on any atom is -0.497 e. The molecule has 0 saturated carbocycles. The number of amides is 1. The lowest BCUT2D eigenvalue weighted by Crippen LogP contribution is -2.26. The first-order valence-corrected chi connectivity index (χ1v) is 6.36. The van der Waals surface area contributed by atoms with Crippen molar-refractivity contribution in [3.63, 3.8) is 0 Å². The molecule has 0 radical (unpaired) electrons. The number of nitrogens with one attached hydrogen (secondary N) is 1. The lowest BCUT2D eigenvalue weighted by Gasteiger charge is -2.06. The molecule has 0 bridgehead atoms. The van der Waals surface area contributed by atoms with Gasteiger partial charge in [0.1, 0.15) is 5.75 Å². The molecule has 1 rings (SSSR count). The van der Waals surface area contributed by atoms with Crippen LogP contribution < -0.4 is 15.8 Å². The van der Waals surface area contributed by atoms with E-state index in [1.807, 2.05) is 24.3 Å². The highest BCUT2D eigenvalue weighted by molar-refractivity contribution is 5.78. The Morgan fingerprint density at radius 1 is 1.22 bits per heavy atom. The van der Waals surface area contributed by atoms with Crippen molar-refractivity contribution in [3.05, 3.63) is 29.8 Å². The monoisotopic (exact) mass is 250 g/mol. The highest BCUT2D eigenvalue weighted by atomic mass is 16.5. The van der Waals surface area contributed by atoms with Gasteiger partial charge in [-0.3, -0.25) is 4.79 Å². The molecule has 0 aliphatic heterocycles. The molecule has 0 aliphatic rings. The van der Waals surface area contributed by atoms with Crippen LogP contribution in [0.25, 0.3) is 0 Å². The summed E-state index contributed by atoms with van der Waals surface area (Å²) in [5.41, 5.74) is 6.39. The summed E-state index contributed by atoms with van der Waals surface area (Å²) in [6, 6.07) is 7.55. The second-order valence-electron chi connectivity index (χ2n) is 4.22. The highest BCUT2D eigenvalue weighted by Crippen LogP contribution is 2.11. The van der Waals surface area contributed by atoms with Crippen LogP contribution in [0.2, 0.25) is 0 Å². The maximum absolute atomic E-state index is 11.6. The summed E-state index contributed by atoms with van der Waals surface area (Å²) in [6.07, 6.45) is 3.50. The van der Waals surface area contributed by atoms with E-state index in [0.717, 1.165) is 43.7 Å². The third kappa shape index (κ3) is 5.68. The van der Waals surface area contributed by atoms with Crippen molar-refractivity contribution in [2.24, 2.45) is 5.73 Å². The van der Waals surface area contributed by atoms with Crippen LogP contribution in [0.4, 0.5) is 0 Å². The Morgan fingerprint density at radius 2 is 1.94 bits per heavy atom. The molecule has 1 aromatic rings. The standard InChI is InChI=1S/C14H22N2O2/c1-18-13-7-5-12(6-8-13)11-14(17)16-10-4-2-3-9-15/h5-8H,2-4,9-11,15H2,1H3,(H,16,17). The lowest BCUT2D eigenvalue weighted by molar-refractivity contribution is -0.120. The van der Waals surface area contributed by atoms with Crippen LogP contribution >= 0.6 is 0 Å². The number of carbonyl (C=O) groups is 1. The van der Waals surface area contributed by atoms with E-state index >= 15 is 0 Å². The molecule has 3 N–H and O–H groups in total. The van der Waals surface area contributed by atoms with Crippen LogP contribution in [0.3, 0.4) is 0 Å². The summed E-state index contributed by atoms with van der Waals surface area (Å²) in [6.45, 7) is 1.45. The maximum atomic E-state index is 11.6. The maximum Gasteiger partial charge on any atom is 0.224 e. The van der Waals surface area contributed by atoms with Gasteiger partial charge in [0.15, 0.2) is 0 Å². The molecule has 4 nitrogen and oxygen atoms in total. The number of carbonyl (C=O) groups excluding carboxylic acids is 1. The molecule has 0 aromatic heterocycles. The van der Waals surface area contributed by atoms with E-state index in [0.29, 0.717) is 6.42 Å². The predicted molar refractivity (Wildman–Crippen MR) is 72.6 cm³/mol. The summed E-state index contributed by atoms with van der Waals surface area (Å²) < 4.78 is 5.07. The molecule has 0 fully saturated rings. The largest absolute Gasteiger partial charge is 0.497 e. The van der Waals surface area contributed by atoms with E-state index in [1.165, 1.54) is 0 Å². The normalized spacial score (nSPS) is 10.1. The van der Waals surface area contributed by atoms with Crippen molar-refractivity contribution in [1.29, 1.82) is 0 Å². The van der Waals surface area contributed by atoms with Crippen molar-refractivity contribution in [1.82, 2.24) is 5.32 Å². The number of nitrogens with two attached hydrogens (primary N) is 1. The van der Waals surface area contributed by atoms with Gasteiger partial charge in [-0.2, -0.15) is 0 Å². The summed E-state index contributed by atoms with van der Waals surface area (Å²) >= 11 is 0. The van der Waals surface area contributed by atoms with E-state index in [4.69, 9.17) is 10.5 Å². The van der Waals surface area contributed by atoms with Gasteiger partial charge in [-0.05, 0) is 37.1 Å². The highest BCUT2D eigenvalue weighted by Gasteiger charge is 2.02. The fraction of sp³-hybridized carbons (Fsp3) is 0.500. The second-order valence-corrected chi connectivity index (χ2v) is 4.22. The Hall–Kier alpha value is -1.55. The van der Waals surface area contributed by atoms with Crippen molar-refractivity contribution in [2.45, 2.75) is 25.7 Å². The minimum absolute atomic E-state index is 0.0629. The van der Waals surface area contributed by atoms with Gasteiger partial charge in [-0.25, -0.2) is 0 Å². The van der Waals surface area contributed by atoms with Gasteiger partial charge in [0.25, 0.3) is 0 Å². The number of rotatable bonds is 8.